The lowest BCUT2D eigenvalue weighted by atomic mass is 10.3. The van der Waals surface area contributed by atoms with Crippen LogP contribution in [0.25, 0.3) is 0 Å². The van der Waals surface area contributed by atoms with Gasteiger partial charge in [-0.05, 0) is 25.5 Å². The first-order chi connectivity index (χ1) is 4.83. The smallest absolute Gasteiger partial charge is 0.104 e. The molecule has 0 aliphatic rings. The van der Waals surface area contributed by atoms with E-state index in [-0.39, 0.29) is 6.61 Å². The molecule has 2 heteroatoms. The summed E-state index contributed by atoms with van der Waals surface area (Å²) in [4.78, 5) is 0. The summed E-state index contributed by atoms with van der Waals surface area (Å²) >= 11 is 0. The molecule has 2 nitrogen and oxygen atoms in total. The van der Waals surface area contributed by atoms with E-state index >= 15 is 0 Å². The molecule has 0 amide bonds. The van der Waals surface area contributed by atoms with Crippen LogP contribution in [-0.4, -0.2) is 11.7 Å². The van der Waals surface area contributed by atoms with E-state index in [1.54, 1.807) is 0 Å². The lowest BCUT2D eigenvalue weighted by Crippen LogP contribution is -1.85. The Hall–Kier alpha value is -0.760. The lowest BCUT2D eigenvalue weighted by molar-refractivity contribution is 0.284. The second kappa shape index (κ2) is 3.42. The average molecular weight is 140 g/mol. The molecule has 1 aromatic rings. The number of hydrogen-bond acceptors (Lipinski definition) is 2. The average Bonchev–Trinajstić information content (AvgIpc) is 2.31. The third-order valence-electron chi connectivity index (χ3n) is 1.38. The lowest BCUT2D eigenvalue weighted by Gasteiger charge is -1.91. The molecule has 0 bridgehead atoms. The molecule has 1 N–H and O–H groups in total. The molecule has 1 rings (SSSR count). The zero-order valence-electron chi connectivity index (χ0n) is 6.13. The van der Waals surface area contributed by atoms with Crippen LogP contribution >= 0.6 is 0 Å². The van der Waals surface area contributed by atoms with Gasteiger partial charge in [-0.1, -0.05) is 0 Å². The second-order valence-electron chi connectivity index (χ2n) is 2.34. The molecule has 0 unspecified atom stereocenters. The van der Waals surface area contributed by atoms with Crippen LogP contribution in [0.2, 0.25) is 0 Å². The van der Waals surface area contributed by atoms with Crippen LogP contribution in [0.3, 0.4) is 0 Å². The van der Waals surface area contributed by atoms with Gasteiger partial charge in [0.15, 0.2) is 0 Å². The fraction of sp³-hybridized carbons (Fsp3) is 0.500. The predicted octanol–water partition coefficient (Wildman–Crippen LogP) is 1.51. The summed E-state index contributed by atoms with van der Waals surface area (Å²) < 4.78 is 5.27. The highest BCUT2D eigenvalue weighted by Crippen LogP contribution is 2.07. The molecule has 0 fully saturated rings. The fourth-order valence-electron chi connectivity index (χ4n) is 0.873. The monoisotopic (exact) mass is 140 g/mol. The topological polar surface area (TPSA) is 33.4 Å². The van der Waals surface area contributed by atoms with Crippen molar-refractivity contribution in [1.29, 1.82) is 0 Å². The van der Waals surface area contributed by atoms with E-state index in [2.05, 4.69) is 0 Å². The van der Waals surface area contributed by atoms with Gasteiger partial charge in [0.25, 0.3) is 0 Å². The number of furan rings is 1. The number of aryl methyl sites for hydroxylation is 2. The first-order valence-corrected chi connectivity index (χ1v) is 3.49. The molecule has 0 spiro atoms. The van der Waals surface area contributed by atoms with Crippen molar-refractivity contribution in [2.24, 2.45) is 0 Å². The van der Waals surface area contributed by atoms with E-state index in [1.165, 1.54) is 0 Å². The van der Waals surface area contributed by atoms with Gasteiger partial charge in [-0.15, -0.1) is 0 Å². The summed E-state index contributed by atoms with van der Waals surface area (Å²) in [5.41, 5.74) is 0. The van der Waals surface area contributed by atoms with Crippen molar-refractivity contribution >= 4 is 0 Å². The highest BCUT2D eigenvalue weighted by atomic mass is 16.3. The molecule has 56 valence electrons. The van der Waals surface area contributed by atoms with E-state index < -0.39 is 0 Å². The van der Waals surface area contributed by atoms with Gasteiger partial charge in [0, 0.05) is 13.0 Å². The SMILES string of the molecule is Cc1ccc(CCCO)o1. The Morgan fingerprint density at radius 3 is 2.80 bits per heavy atom. The van der Waals surface area contributed by atoms with E-state index in [0.29, 0.717) is 0 Å². The molecule has 0 aromatic carbocycles. The van der Waals surface area contributed by atoms with E-state index in [9.17, 15) is 0 Å². The van der Waals surface area contributed by atoms with Crippen LogP contribution in [0.5, 0.6) is 0 Å². The van der Waals surface area contributed by atoms with Crippen LogP contribution in [-0.2, 0) is 6.42 Å². The van der Waals surface area contributed by atoms with Crippen LogP contribution in [0.4, 0.5) is 0 Å². The Balaban J connectivity index is 2.42. The quantitative estimate of drug-likeness (QED) is 0.690. The number of hydrogen-bond donors (Lipinski definition) is 1. The second-order valence-corrected chi connectivity index (χ2v) is 2.34. The molecule has 0 radical (unpaired) electrons. The third-order valence-corrected chi connectivity index (χ3v) is 1.38. The van der Waals surface area contributed by atoms with Gasteiger partial charge >= 0.3 is 0 Å². The number of aliphatic hydroxyl groups excluding tert-OH is 1. The van der Waals surface area contributed by atoms with Crippen LogP contribution in [0.15, 0.2) is 16.5 Å². The van der Waals surface area contributed by atoms with Gasteiger partial charge in [0.1, 0.15) is 11.5 Å². The molecule has 0 aliphatic heterocycles. The summed E-state index contributed by atoms with van der Waals surface area (Å²) in [5, 5.41) is 8.49. The van der Waals surface area contributed by atoms with Crippen LogP contribution in [0.1, 0.15) is 17.9 Å². The van der Waals surface area contributed by atoms with Crippen molar-refractivity contribution in [2.75, 3.05) is 6.61 Å². The maximum absolute atomic E-state index is 8.49. The summed E-state index contributed by atoms with van der Waals surface area (Å²) in [6.45, 7) is 2.15. The molecule has 1 aromatic heterocycles. The van der Waals surface area contributed by atoms with E-state index in [1.807, 2.05) is 19.1 Å². The molecular weight excluding hydrogens is 128 g/mol. The molecule has 0 saturated heterocycles. The molecule has 1 heterocycles. The van der Waals surface area contributed by atoms with E-state index in [4.69, 9.17) is 9.52 Å². The van der Waals surface area contributed by atoms with Crippen molar-refractivity contribution in [3.63, 3.8) is 0 Å². The summed E-state index contributed by atoms with van der Waals surface area (Å²) in [5.74, 6) is 1.90. The normalized spacial score (nSPS) is 10.2. The molecule has 10 heavy (non-hydrogen) atoms. The first kappa shape index (κ1) is 7.35. The van der Waals surface area contributed by atoms with Crippen molar-refractivity contribution in [2.45, 2.75) is 19.8 Å². The zero-order valence-corrected chi connectivity index (χ0v) is 6.13. The summed E-state index contributed by atoms with van der Waals surface area (Å²) in [6.07, 6.45) is 1.62. The Kier molecular flexibility index (Phi) is 2.51. The first-order valence-electron chi connectivity index (χ1n) is 3.49. The van der Waals surface area contributed by atoms with Crippen molar-refractivity contribution < 1.29 is 9.52 Å². The predicted molar refractivity (Wildman–Crippen MR) is 38.9 cm³/mol. The van der Waals surface area contributed by atoms with Crippen molar-refractivity contribution in [3.8, 4) is 0 Å². The molecular formula is C8H12O2. The highest BCUT2D eigenvalue weighted by Gasteiger charge is 1.95. The number of aliphatic hydroxyl groups is 1. The van der Waals surface area contributed by atoms with Gasteiger partial charge in [0.2, 0.25) is 0 Å². The molecule has 0 aliphatic carbocycles. The fourth-order valence-corrected chi connectivity index (χ4v) is 0.873. The van der Waals surface area contributed by atoms with Gasteiger partial charge in [-0.25, -0.2) is 0 Å². The standard InChI is InChI=1S/C8H12O2/c1-7-4-5-8(10-7)3-2-6-9/h4-5,9H,2-3,6H2,1H3. The summed E-state index contributed by atoms with van der Waals surface area (Å²) in [7, 11) is 0. The largest absolute Gasteiger partial charge is 0.466 e. The van der Waals surface area contributed by atoms with E-state index in [0.717, 1.165) is 24.4 Å². The maximum atomic E-state index is 8.49. The van der Waals surface area contributed by atoms with Gasteiger partial charge in [-0.2, -0.15) is 0 Å². The minimum atomic E-state index is 0.236. The summed E-state index contributed by atoms with van der Waals surface area (Å²) in [6, 6.07) is 3.89. The third kappa shape index (κ3) is 1.88. The van der Waals surface area contributed by atoms with Crippen LogP contribution in [0, 0.1) is 6.92 Å². The Morgan fingerprint density at radius 2 is 2.30 bits per heavy atom. The maximum Gasteiger partial charge on any atom is 0.104 e. The Labute approximate surface area is 60.5 Å². The van der Waals surface area contributed by atoms with Gasteiger partial charge in [-0.3, -0.25) is 0 Å². The van der Waals surface area contributed by atoms with Crippen molar-refractivity contribution in [1.82, 2.24) is 0 Å². The van der Waals surface area contributed by atoms with Crippen molar-refractivity contribution in [3.05, 3.63) is 23.7 Å². The van der Waals surface area contributed by atoms with Crippen LogP contribution < -0.4 is 0 Å². The molecule has 0 atom stereocenters. The number of rotatable bonds is 3. The zero-order chi connectivity index (χ0) is 7.40. The van der Waals surface area contributed by atoms with Gasteiger partial charge < -0.3 is 9.52 Å². The molecule has 0 saturated carbocycles. The Morgan fingerprint density at radius 1 is 1.50 bits per heavy atom. The Bertz CT molecular complexity index is 191. The highest BCUT2D eigenvalue weighted by molar-refractivity contribution is 5.05. The van der Waals surface area contributed by atoms with Gasteiger partial charge in [0.05, 0.1) is 0 Å². The minimum Gasteiger partial charge on any atom is -0.466 e. The minimum absolute atomic E-state index is 0.236.